The van der Waals surface area contributed by atoms with Crippen molar-refractivity contribution in [3.8, 4) is 0 Å². The number of aliphatic carboxylic acids is 1. The predicted octanol–water partition coefficient (Wildman–Crippen LogP) is 2.69. The lowest BCUT2D eigenvalue weighted by Crippen LogP contribution is -2.13. The summed E-state index contributed by atoms with van der Waals surface area (Å²) in [5, 5.41) is 19.9. The van der Waals surface area contributed by atoms with E-state index in [1.807, 2.05) is 31.2 Å². The fourth-order valence-corrected chi connectivity index (χ4v) is 2.03. The van der Waals surface area contributed by atoms with Crippen LogP contribution >= 0.6 is 0 Å². The Morgan fingerprint density at radius 1 is 1.32 bits per heavy atom. The first-order valence-electron chi connectivity index (χ1n) is 6.25. The van der Waals surface area contributed by atoms with Crippen molar-refractivity contribution in [2.24, 2.45) is 5.92 Å². The van der Waals surface area contributed by atoms with Gasteiger partial charge < -0.3 is 10.2 Å². The highest BCUT2D eigenvalue weighted by atomic mass is 16.4. The average Bonchev–Trinajstić information content (AvgIpc) is 2.37. The molecule has 0 saturated carbocycles. The summed E-state index contributed by atoms with van der Waals surface area (Å²) in [4.78, 5) is 15.2. The first-order valence-corrected chi connectivity index (χ1v) is 6.25. The maximum Gasteiger partial charge on any atom is 0.306 e. The van der Waals surface area contributed by atoms with Crippen LogP contribution in [0.15, 0.2) is 30.3 Å². The van der Waals surface area contributed by atoms with Gasteiger partial charge >= 0.3 is 5.97 Å². The largest absolute Gasteiger partial charge is 0.481 e. The molecule has 2 N–H and O–H groups in total. The van der Waals surface area contributed by atoms with Crippen molar-refractivity contribution < 1.29 is 15.0 Å². The van der Waals surface area contributed by atoms with E-state index in [1.54, 1.807) is 13.0 Å². The van der Waals surface area contributed by atoms with Gasteiger partial charge in [-0.3, -0.25) is 9.78 Å². The van der Waals surface area contributed by atoms with Crippen LogP contribution in [0.5, 0.6) is 0 Å². The van der Waals surface area contributed by atoms with Gasteiger partial charge in [0.15, 0.2) is 0 Å². The van der Waals surface area contributed by atoms with Crippen LogP contribution in [0.2, 0.25) is 0 Å². The van der Waals surface area contributed by atoms with E-state index in [9.17, 15) is 9.90 Å². The third-order valence-electron chi connectivity index (χ3n) is 3.24. The molecule has 0 aliphatic rings. The second-order valence-electron chi connectivity index (χ2n) is 4.90. The molecular formula is C15H17NO3. The van der Waals surface area contributed by atoms with Gasteiger partial charge in [0.05, 0.1) is 17.5 Å². The predicted molar refractivity (Wildman–Crippen MR) is 72.9 cm³/mol. The van der Waals surface area contributed by atoms with Gasteiger partial charge in [-0.15, -0.1) is 0 Å². The van der Waals surface area contributed by atoms with E-state index < -0.39 is 18.0 Å². The molecule has 0 spiro atoms. The number of aliphatic hydroxyl groups excluding tert-OH is 1. The molecule has 0 aliphatic carbocycles. The number of carbonyl (C=O) groups is 1. The van der Waals surface area contributed by atoms with Crippen LogP contribution in [0.25, 0.3) is 10.9 Å². The zero-order valence-corrected chi connectivity index (χ0v) is 11.0. The van der Waals surface area contributed by atoms with E-state index in [0.717, 1.165) is 22.2 Å². The number of aromatic nitrogens is 1. The first kappa shape index (κ1) is 13.5. The Labute approximate surface area is 111 Å². The van der Waals surface area contributed by atoms with E-state index in [2.05, 4.69) is 4.98 Å². The van der Waals surface area contributed by atoms with Crippen LogP contribution < -0.4 is 0 Å². The van der Waals surface area contributed by atoms with Gasteiger partial charge in [-0.25, -0.2) is 0 Å². The number of benzene rings is 1. The van der Waals surface area contributed by atoms with Crippen LogP contribution in [0.3, 0.4) is 0 Å². The summed E-state index contributed by atoms with van der Waals surface area (Å²) in [5.74, 6) is -1.46. The number of nitrogens with zero attached hydrogens (tertiary/aromatic N) is 1. The van der Waals surface area contributed by atoms with E-state index in [4.69, 9.17) is 5.11 Å². The molecule has 2 aromatic rings. The van der Waals surface area contributed by atoms with E-state index in [-0.39, 0.29) is 6.42 Å². The van der Waals surface area contributed by atoms with Crippen LogP contribution in [-0.4, -0.2) is 21.2 Å². The molecule has 0 amide bonds. The van der Waals surface area contributed by atoms with Crippen molar-refractivity contribution in [3.05, 3.63) is 41.6 Å². The zero-order chi connectivity index (χ0) is 14.0. The second-order valence-corrected chi connectivity index (χ2v) is 4.90. The van der Waals surface area contributed by atoms with Gasteiger partial charge in [-0.1, -0.05) is 19.1 Å². The highest BCUT2D eigenvalue weighted by Gasteiger charge is 2.17. The summed E-state index contributed by atoms with van der Waals surface area (Å²) in [6.07, 6.45) is -0.558. The summed E-state index contributed by atoms with van der Waals surface area (Å²) in [5.41, 5.74) is 2.55. The van der Waals surface area contributed by atoms with Crippen molar-refractivity contribution in [2.45, 2.75) is 26.4 Å². The minimum absolute atomic E-state index is 0.208. The Morgan fingerprint density at radius 2 is 2.05 bits per heavy atom. The number of pyridine rings is 1. The SMILES string of the molecule is Cc1ccc2cc(C(O)CC(C)C(=O)O)ccc2n1. The molecular weight excluding hydrogens is 242 g/mol. The summed E-state index contributed by atoms with van der Waals surface area (Å²) >= 11 is 0. The normalized spacial score (nSPS) is 14.3. The molecule has 4 nitrogen and oxygen atoms in total. The number of carboxylic acids is 1. The van der Waals surface area contributed by atoms with Crippen LogP contribution in [0.1, 0.15) is 30.7 Å². The molecule has 4 heteroatoms. The van der Waals surface area contributed by atoms with Gasteiger partial charge in [0.1, 0.15) is 0 Å². The highest BCUT2D eigenvalue weighted by molar-refractivity contribution is 5.79. The minimum Gasteiger partial charge on any atom is -0.481 e. The summed E-state index contributed by atoms with van der Waals surface area (Å²) in [7, 11) is 0. The molecule has 1 aromatic carbocycles. The topological polar surface area (TPSA) is 70.4 Å². The molecule has 0 aliphatic heterocycles. The minimum atomic E-state index is -0.892. The third kappa shape index (κ3) is 3.09. The molecule has 0 fully saturated rings. The zero-order valence-electron chi connectivity index (χ0n) is 11.0. The standard InChI is InChI=1S/C15H17NO3/c1-9(15(18)19)7-14(17)12-5-6-13-11(8-12)4-3-10(2)16-13/h3-6,8-9,14,17H,7H2,1-2H3,(H,18,19). The van der Waals surface area contributed by atoms with Crippen LogP contribution in [0.4, 0.5) is 0 Å². The number of aliphatic hydroxyl groups is 1. The van der Waals surface area contributed by atoms with Crippen molar-refractivity contribution >= 4 is 16.9 Å². The van der Waals surface area contributed by atoms with Gasteiger partial charge in [0, 0.05) is 11.1 Å². The fourth-order valence-electron chi connectivity index (χ4n) is 2.03. The number of hydrogen-bond acceptors (Lipinski definition) is 3. The number of hydrogen-bond donors (Lipinski definition) is 2. The highest BCUT2D eigenvalue weighted by Crippen LogP contribution is 2.24. The Hall–Kier alpha value is -1.94. The molecule has 2 unspecified atom stereocenters. The molecule has 0 saturated heterocycles. The third-order valence-corrected chi connectivity index (χ3v) is 3.24. The number of fused-ring (bicyclic) bond motifs is 1. The molecule has 0 radical (unpaired) electrons. The molecule has 1 heterocycles. The Kier molecular flexibility index (Phi) is 3.81. The van der Waals surface area contributed by atoms with E-state index in [0.29, 0.717) is 0 Å². The molecule has 100 valence electrons. The maximum absolute atomic E-state index is 10.8. The molecule has 1 aromatic heterocycles. The smallest absolute Gasteiger partial charge is 0.306 e. The Bertz CT molecular complexity index is 609. The van der Waals surface area contributed by atoms with Gasteiger partial charge in [0.25, 0.3) is 0 Å². The Morgan fingerprint density at radius 3 is 2.74 bits per heavy atom. The van der Waals surface area contributed by atoms with Crippen molar-refractivity contribution in [2.75, 3.05) is 0 Å². The maximum atomic E-state index is 10.8. The quantitative estimate of drug-likeness (QED) is 0.885. The summed E-state index contributed by atoms with van der Waals surface area (Å²) in [6.45, 7) is 3.52. The molecule has 2 atom stereocenters. The van der Waals surface area contributed by atoms with Gasteiger partial charge in [-0.2, -0.15) is 0 Å². The lowest BCUT2D eigenvalue weighted by molar-refractivity contribution is -0.142. The number of rotatable bonds is 4. The lowest BCUT2D eigenvalue weighted by atomic mass is 9.97. The van der Waals surface area contributed by atoms with Gasteiger partial charge in [-0.05, 0) is 37.1 Å². The summed E-state index contributed by atoms with van der Waals surface area (Å²) in [6, 6.07) is 9.38. The fraction of sp³-hybridized carbons (Fsp3) is 0.333. The van der Waals surface area contributed by atoms with Gasteiger partial charge in [0.2, 0.25) is 0 Å². The first-order chi connectivity index (χ1) is 8.97. The summed E-state index contributed by atoms with van der Waals surface area (Å²) < 4.78 is 0. The van der Waals surface area contributed by atoms with E-state index >= 15 is 0 Å². The Balaban J connectivity index is 2.25. The van der Waals surface area contributed by atoms with Crippen molar-refractivity contribution in [1.29, 1.82) is 0 Å². The monoisotopic (exact) mass is 259 g/mol. The van der Waals surface area contributed by atoms with Crippen LogP contribution in [0, 0.1) is 12.8 Å². The van der Waals surface area contributed by atoms with Crippen molar-refractivity contribution in [3.63, 3.8) is 0 Å². The molecule has 19 heavy (non-hydrogen) atoms. The molecule has 0 bridgehead atoms. The molecule has 2 rings (SSSR count). The van der Waals surface area contributed by atoms with Crippen LogP contribution in [-0.2, 0) is 4.79 Å². The van der Waals surface area contributed by atoms with Crippen molar-refractivity contribution in [1.82, 2.24) is 4.98 Å². The number of carboxylic acid groups (broad SMARTS) is 1. The average molecular weight is 259 g/mol. The van der Waals surface area contributed by atoms with E-state index in [1.165, 1.54) is 0 Å². The number of aryl methyl sites for hydroxylation is 1. The second kappa shape index (κ2) is 5.36. The lowest BCUT2D eigenvalue weighted by Gasteiger charge is -2.14.